The van der Waals surface area contributed by atoms with Crippen molar-refractivity contribution in [2.75, 3.05) is 5.01 Å². The highest BCUT2D eigenvalue weighted by atomic mass is 32.1. The number of rotatable bonds is 3. The average Bonchev–Trinajstić information content (AvgIpc) is 3.33. The first kappa shape index (κ1) is 17.6. The van der Waals surface area contributed by atoms with E-state index < -0.39 is 18.3 Å². The second-order valence-corrected chi connectivity index (χ2v) is 6.73. The molecule has 0 aliphatic carbocycles. The number of aliphatic hydroxyl groups is 1. The Morgan fingerprint density at radius 1 is 1.22 bits per heavy atom. The lowest BCUT2D eigenvalue weighted by Gasteiger charge is -2.32. The van der Waals surface area contributed by atoms with Crippen LogP contribution in [0.1, 0.15) is 12.2 Å². The molecule has 3 heterocycles. The first-order valence-corrected chi connectivity index (χ1v) is 8.61. The fourth-order valence-corrected chi connectivity index (χ4v) is 3.56. The molecule has 1 aromatic carbocycles. The van der Waals surface area contributed by atoms with E-state index in [0.717, 1.165) is 11.3 Å². The Bertz CT molecular complexity index is 1000. The van der Waals surface area contributed by atoms with E-state index in [4.69, 9.17) is 4.42 Å². The van der Waals surface area contributed by atoms with Gasteiger partial charge in [-0.3, -0.25) is 0 Å². The Morgan fingerprint density at radius 2 is 2.04 bits per heavy atom. The molecule has 27 heavy (non-hydrogen) atoms. The molecule has 0 saturated carbocycles. The third kappa shape index (κ3) is 2.96. The van der Waals surface area contributed by atoms with E-state index >= 15 is 0 Å². The number of phenolic OH excluding ortho intramolecular Hbond substituents is 1. The van der Waals surface area contributed by atoms with Gasteiger partial charge in [0.15, 0.2) is 0 Å². The lowest BCUT2D eigenvalue weighted by Crippen LogP contribution is -2.55. The summed E-state index contributed by atoms with van der Waals surface area (Å²) >= 11 is 0.901. The standard InChI is InChI=1S/C17H12F3N3O3S/c18-17(19,20)16(25)8-12(14-5-2-6-26-14)22-23(16)15-21-13(9-27-15)10-3-1-4-11(24)7-10/h1-7,9,24-25H,8H2/t16-/m1/s1. The second kappa shape index (κ2) is 6.10. The number of aromatic hydroxyl groups is 1. The Kier molecular flexibility index (Phi) is 3.97. The maximum Gasteiger partial charge on any atom is 0.438 e. The van der Waals surface area contributed by atoms with Gasteiger partial charge in [-0.2, -0.15) is 23.3 Å². The molecule has 2 aromatic heterocycles. The van der Waals surface area contributed by atoms with Gasteiger partial charge in [0.25, 0.3) is 5.72 Å². The minimum atomic E-state index is -4.97. The summed E-state index contributed by atoms with van der Waals surface area (Å²) in [6.45, 7) is 0. The third-order valence-corrected chi connectivity index (χ3v) is 4.88. The van der Waals surface area contributed by atoms with Crippen molar-refractivity contribution < 1.29 is 27.8 Å². The summed E-state index contributed by atoms with van der Waals surface area (Å²) in [4.78, 5) is 4.16. The zero-order valence-corrected chi connectivity index (χ0v) is 14.3. The number of benzene rings is 1. The van der Waals surface area contributed by atoms with Crippen LogP contribution in [0.15, 0.2) is 57.6 Å². The van der Waals surface area contributed by atoms with Crippen LogP contribution < -0.4 is 5.01 Å². The molecule has 0 spiro atoms. The van der Waals surface area contributed by atoms with Gasteiger partial charge >= 0.3 is 6.18 Å². The number of halogens is 3. The first-order valence-electron chi connectivity index (χ1n) is 7.73. The SMILES string of the molecule is Oc1cccc(-c2csc(N3N=C(c4ccco4)C[C@@]3(O)C(F)(F)F)n2)c1. The summed E-state index contributed by atoms with van der Waals surface area (Å²) in [6.07, 6.45) is -4.44. The summed E-state index contributed by atoms with van der Waals surface area (Å²) < 4.78 is 46.0. The van der Waals surface area contributed by atoms with Crippen molar-refractivity contribution in [2.24, 2.45) is 5.10 Å². The molecule has 0 radical (unpaired) electrons. The van der Waals surface area contributed by atoms with Crippen LogP contribution in [0.5, 0.6) is 5.75 Å². The van der Waals surface area contributed by atoms with Gasteiger partial charge in [0, 0.05) is 10.9 Å². The van der Waals surface area contributed by atoms with Gasteiger partial charge in [-0.05, 0) is 24.3 Å². The molecule has 1 aliphatic rings. The molecule has 1 atom stereocenters. The predicted octanol–water partition coefficient (Wildman–Crippen LogP) is 3.97. The van der Waals surface area contributed by atoms with E-state index in [-0.39, 0.29) is 22.4 Å². The highest BCUT2D eigenvalue weighted by Crippen LogP contribution is 2.45. The highest BCUT2D eigenvalue weighted by molar-refractivity contribution is 7.14. The molecule has 1 aliphatic heterocycles. The summed E-state index contributed by atoms with van der Waals surface area (Å²) in [5, 5.41) is 25.8. The van der Waals surface area contributed by atoms with Crippen molar-refractivity contribution in [2.45, 2.75) is 18.3 Å². The van der Waals surface area contributed by atoms with E-state index in [1.54, 1.807) is 12.1 Å². The average molecular weight is 395 g/mol. The number of aromatic nitrogens is 1. The fourth-order valence-electron chi connectivity index (χ4n) is 2.71. The maximum absolute atomic E-state index is 13.6. The van der Waals surface area contributed by atoms with Crippen molar-refractivity contribution in [3.8, 4) is 17.0 Å². The van der Waals surface area contributed by atoms with Gasteiger partial charge in [-0.25, -0.2) is 4.98 Å². The van der Waals surface area contributed by atoms with Crippen molar-refractivity contribution in [3.05, 3.63) is 53.8 Å². The molecule has 0 saturated heterocycles. The van der Waals surface area contributed by atoms with Crippen LogP contribution in [0, 0.1) is 0 Å². The van der Waals surface area contributed by atoms with Crippen molar-refractivity contribution in [1.29, 1.82) is 0 Å². The van der Waals surface area contributed by atoms with Crippen LogP contribution in [0.25, 0.3) is 11.3 Å². The van der Waals surface area contributed by atoms with Gasteiger partial charge in [0.05, 0.1) is 18.4 Å². The maximum atomic E-state index is 13.6. The van der Waals surface area contributed by atoms with Crippen molar-refractivity contribution in [3.63, 3.8) is 0 Å². The van der Waals surface area contributed by atoms with Crippen LogP contribution >= 0.6 is 11.3 Å². The van der Waals surface area contributed by atoms with E-state index in [2.05, 4.69) is 10.1 Å². The summed E-state index contributed by atoms with van der Waals surface area (Å²) in [5.74, 6) is 0.151. The van der Waals surface area contributed by atoms with Gasteiger partial charge in [0.2, 0.25) is 5.13 Å². The minimum absolute atomic E-state index is 0.00754. The Hall–Kier alpha value is -2.85. The van der Waals surface area contributed by atoms with E-state index in [9.17, 15) is 23.4 Å². The second-order valence-electron chi connectivity index (χ2n) is 5.89. The van der Waals surface area contributed by atoms with Gasteiger partial charge in [0.1, 0.15) is 17.2 Å². The molecular weight excluding hydrogens is 383 g/mol. The van der Waals surface area contributed by atoms with Gasteiger partial charge in [-0.1, -0.05) is 12.1 Å². The zero-order valence-electron chi connectivity index (χ0n) is 13.5. The molecule has 10 heteroatoms. The third-order valence-electron chi connectivity index (χ3n) is 4.06. The number of thiazole rings is 1. The normalized spacial score (nSPS) is 20.1. The van der Waals surface area contributed by atoms with Crippen LogP contribution in [0.3, 0.4) is 0 Å². The molecule has 0 fully saturated rings. The van der Waals surface area contributed by atoms with Crippen LogP contribution in [-0.2, 0) is 0 Å². The molecule has 2 N–H and O–H groups in total. The lowest BCUT2D eigenvalue weighted by atomic mass is 10.1. The van der Waals surface area contributed by atoms with Crippen molar-refractivity contribution >= 4 is 22.2 Å². The topological polar surface area (TPSA) is 82.1 Å². The van der Waals surface area contributed by atoms with E-state index in [1.807, 2.05) is 0 Å². The zero-order chi connectivity index (χ0) is 19.2. The van der Waals surface area contributed by atoms with Crippen LogP contribution in [-0.4, -0.2) is 32.8 Å². The minimum Gasteiger partial charge on any atom is -0.508 e. The fraction of sp³-hybridized carbons (Fsp3) is 0.176. The number of nitrogens with zero attached hydrogens (tertiary/aromatic N) is 3. The Labute approximate surface area is 154 Å². The number of phenols is 1. The molecule has 4 rings (SSSR count). The van der Waals surface area contributed by atoms with Crippen molar-refractivity contribution in [1.82, 2.24) is 4.98 Å². The monoisotopic (exact) mass is 395 g/mol. The summed E-state index contributed by atoms with van der Waals surface area (Å²) in [7, 11) is 0. The molecule has 0 bridgehead atoms. The molecular formula is C17H12F3N3O3S. The summed E-state index contributed by atoms with van der Waals surface area (Å²) in [6, 6.07) is 9.17. The number of alkyl halides is 3. The molecule has 3 aromatic rings. The van der Waals surface area contributed by atoms with E-state index in [0.29, 0.717) is 16.3 Å². The number of hydrazone groups is 1. The van der Waals surface area contributed by atoms with Gasteiger partial charge in [-0.15, -0.1) is 11.3 Å². The first-order chi connectivity index (χ1) is 12.8. The molecule has 0 amide bonds. The van der Waals surface area contributed by atoms with Crippen LogP contribution in [0.4, 0.5) is 18.3 Å². The highest BCUT2D eigenvalue weighted by Gasteiger charge is 2.63. The Balaban J connectivity index is 1.75. The quantitative estimate of drug-likeness (QED) is 0.701. The van der Waals surface area contributed by atoms with E-state index in [1.165, 1.54) is 35.9 Å². The largest absolute Gasteiger partial charge is 0.508 e. The summed E-state index contributed by atoms with van der Waals surface area (Å²) in [5.41, 5.74) is -2.38. The molecule has 0 unspecified atom stereocenters. The number of hydrogen-bond acceptors (Lipinski definition) is 7. The smallest absolute Gasteiger partial charge is 0.438 e. The van der Waals surface area contributed by atoms with Gasteiger partial charge < -0.3 is 14.6 Å². The number of hydrogen-bond donors (Lipinski definition) is 2. The van der Waals surface area contributed by atoms with Crippen LogP contribution in [0.2, 0.25) is 0 Å². The molecule has 140 valence electrons. The Morgan fingerprint density at radius 3 is 2.70 bits per heavy atom. The predicted molar refractivity (Wildman–Crippen MR) is 92.6 cm³/mol. The number of furan rings is 1. The molecule has 6 nitrogen and oxygen atoms in total. The lowest BCUT2D eigenvalue weighted by molar-refractivity contribution is -0.254. The number of anilines is 1.